The summed E-state index contributed by atoms with van der Waals surface area (Å²) in [5, 5.41) is 0. The van der Waals surface area contributed by atoms with Crippen molar-refractivity contribution in [3.63, 3.8) is 0 Å². The van der Waals surface area contributed by atoms with Gasteiger partial charge in [-0.1, -0.05) is 18.1 Å². The van der Waals surface area contributed by atoms with Crippen LogP contribution >= 0.6 is 0 Å². The Morgan fingerprint density at radius 1 is 1.38 bits per heavy atom. The highest BCUT2D eigenvalue weighted by molar-refractivity contribution is 5.79. The van der Waals surface area contributed by atoms with Gasteiger partial charge in [-0.3, -0.25) is 4.99 Å². The molecule has 0 radical (unpaired) electrons. The van der Waals surface area contributed by atoms with Crippen molar-refractivity contribution in [2.75, 3.05) is 14.2 Å². The van der Waals surface area contributed by atoms with Crippen LogP contribution in [0.4, 0.5) is 0 Å². The molecule has 0 fully saturated rings. The summed E-state index contributed by atoms with van der Waals surface area (Å²) < 4.78 is 5.13. The Labute approximate surface area is 78.3 Å². The van der Waals surface area contributed by atoms with E-state index in [-0.39, 0.29) is 0 Å². The standard InChI is InChI=1S/C11H11NO/c1-12-9-5-7-10-6-3-4-8-11(10)13-2/h3-4,6,8-9H,1-2H3. The number of methoxy groups -OCH3 is 1. The summed E-state index contributed by atoms with van der Waals surface area (Å²) in [7, 11) is 3.32. The van der Waals surface area contributed by atoms with Gasteiger partial charge in [0.15, 0.2) is 0 Å². The van der Waals surface area contributed by atoms with Crippen LogP contribution in [0.2, 0.25) is 0 Å². The van der Waals surface area contributed by atoms with Gasteiger partial charge in [0.05, 0.1) is 18.9 Å². The fourth-order valence-electron chi connectivity index (χ4n) is 0.922. The van der Waals surface area contributed by atoms with E-state index in [0.717, 1.165) is 11.3 Å². The summed E-state index contributed by atoms with van der Waals surface area (Å²) in [6.45, 7) is 0. The van der Waals surface area contributed by atoms with Crippen molar-refractivity contribution in [3.05, 3.63) is 29.8 Å². The van der Waals surface area contributed by atoms with Gasteiger partial charge < -0.3 is 4.74 Å². The molecule has 0 saturated carbocycles. The van der Waals surface area contributed by atoms with E-state index in [9.17, 15) is 0 Å². The van der Waals surface area contributed by atoms with Crippen LogP contribution in [-0.2, 0) is 0 Å². The lowest BCUT2D eigenvalue weighted by atomic mass is 10.2. The Kier molecular flexibility index (Phi) is 3.59. The first-order chi connectivity index (χ1) is 6.38. The Balaban J connectivity index is 2.95. The van der Waals surface area contributed by atoms with Crippen molar-refractivity contribution >= 4 is 6.21 Å². The highest BCUT2D eigenvalue weighted by Crippen LogP contribution is 2.15. The van der Waals surface area contributed by atoms with Crippen LogP contribution in [0.5, 0.6) is 5.75 Å². The van der Waals surface area contributed by atoms with E-state index in [1.165, 1.54) is 0 Å². The average Bonchev–Trinajstić information content (AvgIpc) is 2.19. The summed E-state index contributed by atoms with van der Waals surface area (Å²) in [6.07, 6.45) is 1.56. The molecule has 2 heteroatoms. The lowest BCUT2D eigenvalue weighted by molar-refractivity contribution is 0.413. The summed E-state index contributed by atoms with van der Waals surface area (Å²) >= 11 is 0. The van der Waals surface area contributed by atoms with Gasteiger partial charge in [-0.2, -0.15) is 0 Å². The van der Waals surface area contributed by atoms with E-state index in [4.69, 9.17) is 4.74 Å². The minimum Gasteiger partial charge on any atom is -0.495 e. The van der Waals surface area contributed by atoms with Crippen molar-refractivity contribution in [2.45, 2.75) is 0 Å². The van der Waals surface area contributed by atoms with Gasteiger partial charge in [0.2, 0.25) is 0 Å². The number of para-hydroxylation sites is 1. The van der Waals surface area contributed by atoms with Crippen molar-refractivity contribution in [1.82, 2.24) is 0 Å². The predicted molar refractivity (Wildman–Crippen MR) is 54.3 cm³/mol. The summed E-state index contributed by atoms with van der Waals surface area (Å²) in [5.41, 5.74) is 0.880. The molecule has 13 heavy (non-hydrogen) atoms. The largest absolute Gasteiger partial charge is 0.495 e. The maximum atomic E-state index is 5.13. The lowest BCUT2D eigenvalue weighted by Crippen LogP contribution is -1.86. The van der Waals surface area contributed by atoms with Crippen molar-refractivity contribution in [3.8, 4) is 17.6 Å². The Morgan fingerprint density at radius 2 is 2.15 bits per heavy atom. The molecule has 0 aliphatic heterocycles. The first-order valence-electron chi connectivity index (χ1n) is 3.93. The molecule has 0 spiro atoms. The Morgan fingerprint density at radius 3 is 2.85 bits per heavy atom. The topological polar surface area (TPSA) is 21.6 Å². The van der Waals surface area contributed by atoms with Gasteiger partial charge in [0, 0.05) is 7.05 Å². The van der Waals surface area contributed by atoms with E-state index in [1.54, 1.807) is 20.4 Å². The van der Waals surface area contributed by atoms with Crippen LogP contribution in [-0.4, -0.2) is 20.4 Å². The quantitative estimate of drug-likeness (QED) is 0.468. The van der Waals surface area contributed by atoms with Crippen LogP contribution in [0, 0.1) is 11.8 Å². The number of hydrogen-bond acceptors (Lipinski definition) is 2. The monoisotopic (exact) mass is 173 g/mol. The molecule has 66 valence electrons. The Hall–Kier alpha value is -1.75. The minimum absolute atomic E-state index is 0.791. The number of rotatable bonds is 1. The number of hydrogen-bond donors (Lipinski definition) is 0. The number of nitrogens with zero attached hydrogens (tertiary/aromatic N) is 1. The van der Waals surface area contributed by atoms with E-state index in [1.807, 2.05) is 24.3 Å². The molecule has 0 bridgehead atoms. The normalized spacial score (nSPS) is 9.38. The molecule has 1 aromatic carbocycles. The molecule has 0 heterocycles. The second-order valence-corrected chi connectivity index (χ2v) is 2.36. The molecule has 0 unspecified atom stereocenters. The third-order valence-electron chi connectivity index (χ3n) is 1.51. The van der Waals surface area contributed by atoms with Gasteiger partial charge in [-0.05, 0) is 18.1 Å². The third kappa shape index (κ3) is 2.64. The SMILES string of the molecule is CN=CC#Cc1ccccc1OC. The highest BCUT2D eigenvalue weighted by atomic mass is 16.5. The van der Waals surface area contributed by atoms with Crippen LogP contribution in [0.3, 0.4) is 0 Å². The maximum Gasteiger partial charge on any atom is 0.134 e. The molecule has 0 aliphatic carbocycles. The molecular weight excluding hydrogens is 162 g/mol. The Bertz CT molecular complexity index is 358. The molecule has 0 N–H and O–H groups in total. The van der Waals surface area contributed by atoms with Crippen LogP contribution in [0.15, 0.2) is 29.3 Å². The number of aliphatic imine (C=N–C) groups is 1. The molecule has 0 aromatic heterocycles. The molecule has 0 aliphatic rings. The minimum atomic E-state index is 0.791. The van der Waals surface area contributed by atoms with E-state index in [2.05, 4.69) is 16.8 Å². The maximum absolute atomic E-state index is 5.13. The number of benzene rings is 1. The van der Waals surface area contributed by atoms with Gasteiger partial charge in [-0.25, -0.2) is 0 Å². The van der Waals surface area contributed by atoms with Gasteiger partial charge in [0.25, 0.3) is 0 Å². The lowest BCUT2D eigenvalue weighted by Gasteiger charge is -2.00. The van der Waals surface area contributed by atoms with Crippen molar-refractivity contribution in [2.24, 2.45) is 4.99 Å². The summed E-state index contributed by atoms with van der Waals surface area (Å²) in [6, 6.07) is 7.63. The van der Waals surface area contributed by atoms with E-state index < -0.39 is 0 Å². The average molecular weight is 173 g/mol. The summed E-state index contributed by atoms with van der Waals surface area (Å²) in [4.78, 5) is 3.77. The van der Waals surface area contributed by atoms with Gasteiger partial charge in [0.1, 0.15) is 5.75 Å². The zero-order chi connectivity index (χ0) is 9.52. The first-order valence-corrected chi connectivity index (χ1v) is 3.93. The van der Waals surface area contributed by atoms with E-state index in [0.29, 0.717) is 0 Å². The fraction of sp³-hybridized carbons (Fsp3) is 0.182. The predicted octanol–water partition coefficient (Wildman–Crippen LogP) is 1.75. The number of ether oxygens (including phenoxy) is 1. The van der Waals surface area contributed by atoms with Crippen LogP contribution in [0.25, 0.3) is 0 Å². The molecular formula is C11H11NO. The first kappa shape index (κ1) is 9.34. The summed E-state index contributed by atoms with van der Waals surface area (Å²) in [5.74, 6) is 6.54. The molecule has 0 amide bonds. The second kappa shape index (κ2) is 5.00. The van der Waals surface area contributed by atoms with Crippen molar-refractivity contribution in [1.29, 1.82) is 0 Å². The molecule has 2 nitrogen and oxygen atoms in total. The zero-order valence-corrected chi connectivity index (χ0v) is 7.74. The fourth-order valence-corrected chi connectivity index (χ4v) is 0.922. The smallest absolute Gasteiger partial charge is 0.134 e. The third-order valence-corrected chi connectivity index (χ3v) is 1.51. The molecule has 1 aromatic rings. The van der Waals surface area contributed by atoms with Crippen molar-refractivity contribution < 1.29 is 4.74 Å². The zero-order valence-electron chi connectivity index (χ0n) is 7.74. The van der Waals surface area contributed by atoms with Gasteiger partial charge >= 0.3 is 0 Å². The van der Waals surface area contributed by atoms with E-state index >= 15 is 0 Å². The second-order valence-electron chi connectivity index (χ2n) is 2.36. The van der Waals surface area contributed by atoms with Gasteiger partial charge in [-0.15, -0.1) is 0 Å². The highest BCUT2D eigenvalue weighted by Gasteiger charge is 1.95. The molecule has 0 atom stereocenters. The molecule has 1 rings (SSSR count). The van der Waals surface area contributed by atoms with Crippen LogP contribution in [0.1, 0.15) is 5.56 Å². The van der Waals surface area contributed by atoms with Crippen LogP contribution < -0.4 is 4.74 Å². The molecule has 0 saturated heterocycles.